The van der Waals surface area contributed by atoms with Gasteiger partial charge in [0, 0.05) is 71.3 Å². The molecule has 1 saturated heterocycles. The van der Waals surface area contributed by atoms with Crippen molar-refractivity contribution in [2.24, 2.45) is 9.98 Å². The molecule has 7 nitrogen and oxygen atoms in total. The van der Waals surface area contributed by atoms with E-state index in [1.807, 2.05) is 41.3 Å². The summed E-state index contributed by atoms with van der Waals surface area (Å²) < 4.78 is 11.8. The number of carbonyl (C=O) groups excluding carboxylic acids is 1. The number of guanidine groups is 1. The van der Waals surface area contributed by atoms with Crippen molar-refractivity contribution < 1.29 is 9.00 Å². The number of allylic oxidation sites excluding steroid dienone is 1. The molecule has 0 saturated carbocycles. The second-order valence-electron chi connectivity index (χ2n) is 7.24. The molecular weight excluding hydrogens is 430 g/mol. The summed E-state index contributed by atoms with van der Waals surface area (Å²) in [7, 11) is -1.06. The topological polar surface area (TPSA) is 86.2 Å². The molecule has 2 aliphatic heterocycles. The third kappa shape index (κ3) is 5.55. The summed E-state index contributed by atoms with van der Waals surface area (Å²) in [5.41, 5.74) is 1.80. The summed E-state index contributed by atoms with van der Waals surface area (Å²) in [4.78, 5) is 26.5. The Morgan fingerprint density at radius 3 is 2.90 bits per heavy atom. The Morgan fingerprint density at radius 2 is 2.10 bits per heavy atom. The number of nitrogens with zero attached hydrogens (tertiary/aromatic N) is 3. The number of benzene rings is 1. The van der Waals surface area contributed by atoms with Crippen molar-refractivity contribution in [3.8, 4) is 0 Å². The van der Waals surface area contributed by atoms with Gasteiger partial charge in [0.2, 0.25) is 5.96 Å². The standard InChI is InChI=1S/C22H25N5O2S2/c1-31(29)18-6-4-5-17(14-18)26-22-24-8-3-2-7-19-16(15-25-22)13-20(30-19)21(28)27-11-9-23-10-12-27/h2,4-8,13-14,23H,3,9-12,15H2,1H3,(H,25,26)/b7-2-,24-8?. The van der Waals surface area contributed by atoms with Gasteiger partial charge in [0.05, 0.1) is 11.4 Å². The maximum Gasteiger partial charge on any atom is 0.264 e. The minimum Gasteiger partial charge on any atom is -0.335 e. The molecule has 2 aliphatic rings. The predicted octanol–water partition coefficient (Wildman–Crippen LogP) is 2.99. The first kappa shape index (κ1) is 21.6. The van der Waals surface area contributed by atoms with Gasteiger partial charge in [-0.25, -0.2) is 9.98 Å². The van der Waals surface area contributed by atoms with Crippen LogP contribution in [0.4, 0.5) is 5.69 Å². The van der Waals surface area contributed by atoms with Crippen molar-refractivity contribution >= 4 is 52.0 Å². The summed E-state index contributed by atoms with van der Waals surface area (Å²) in [5.74, 6) is 0.576. The van der Waals surface area contributed by atoms with E-state index in [0.717, 1.165) is 52.1 Å². The average molecular weight is 456 g/mol. The number of aliphatic imine (C=N–C) groups is 2. The van der Waals surface area contributed by atoms with E-state index >= 15 is 0 Å². The number of thiophene rings is 1. The molecule has 0 spiro atoms. The molecule has 1 fully saturated rings. The van der Waals surface area contributed by atoms with E-state index in [-0.39, 0.29) is 5.91 Å². The Labute approximate surface area is 188 Å². The second kappa shape index (κ2) is 10.1. The third-order valence-electron chi connectivity index (χ3n) is 5.00. The van der Waals surface area contributed by atoms with Crippen molar-refractivity contribution in [2.75, 3.05) is 37.8 Å². The number of carbonyl (C=O) groups is 1. The van der Waals surface area contributed by atoms with E-state index in [0.29, 0.717) is 18.9 Å². The minimum atomic E-state index is -1.06. The smallest absolute Gasteiger partial charge is 0.264 e. The van der Waals surface area contributed by atoms with Crippen molar-refractivity contribution in [2.45, 2.75) is 17.9 Å². The van der Waals surface area contributed by atoms with Gasteiger partial charge in [-0.1, -0.05) is 12.1 Å². The molecule has 162 valence electrons. The van der Waals surface area contributed by atoms with Crippen LogP contribution in [0.1, 0.15) is 26.5 Å². The van der Waals surface area contributed by atoms with Crippen LogP contribution in [0, 0.1) is 0 Å². The van der Waals surface area contributed by atoms with E-state index < -0.39 is 10.8 Å². The second-order valence-corrected chi connectivity index (χ2v) is 9.70. The Balaban J connectivity index is 1.55. The van der Waals surface area contributed by atoms with Gasteiger partial charge in [0.1, 0.15) is 0 Å². The molecule has 9 heteroatoms. The molecule has 0 radical (unpaired) electrons. The van der Waals surface area contributed by atoms with Crippen LogP contribution in [0.2, 0.25) is 0 Å². The Kier molecular flexibility index (Phi) is 7.06. The number of amides is 1. The van der Waals surface area contributed by atoms with Crippen LogP contribution >= 0.6 is 11.3 Å². The van der Waals surface area contributed by atoms with E-state index in [2.05, 4.69) is 26.7 Å². The maximum absolute atomic E-state index is 12.9. The lowest BCUT2D eigenvalue weighted by Crippen LogP contribution is -2.46. The molecule has 4 rings (SSSR count). The molecule has 1 aromatic heterocycles. The first-order valence-electron chi connectivity index (χ1n) is 10.2. The van der Waals surface area contributed by atoms with Gasteiger partial charge < -0.3 is 15.5 Å². The van der Waals surface area contributed by atoms with Crippen LogP contribution in [-0.4, -0.2) is 59.6 Å². The number of nitrogens with one attached hydrogen (secondary N) is 2. The normalized spacial score (nSPS) is 18.6. The third-order valence-corrected chi connectivity index (χ3v) is 7.05. The molecule has 0 aliphatic carbocycles. The molecule has 3 heterocycles. The highest BCUT2D eigenvalue weighted by Gasteiger charge is 2.21. The van der Waals surface area contributed by atoms with Gasteiger partial charge >= 0.3 is 0 Å². The lowest BCUT2D eigenvalue weighted by molar-refractivity contribution is 0.0740. The largest absolute Gasteiger partial charge is 0.335 e. The first-order valence-corrected chi connectivity index (χ1v) is 12.5. The summed E-state index contributed by atoms with van der Waals surface area (Å²) in [5, 5.41) is 6.50. The van der Waals surface area contributed by atoms with Crippen LogP contribution in [0.5, 0.6) is 0 Å². The SMILES string of the molecule is CS(=O)c1cccc(NC2=NCc3cc(C(=O)N4CCNCC4)sc3/C=C\CC=N2)c1. The summed E-state index contributed by atoms with van der Waals surface area (Å²) in [6.45, 7) is 3.56. The first-order chi connectivity index (χ1) is 15.1. The van der Waals surface area contributed by atoms with E-state index in [9.17, 15) is 9.00 Å². The number of rotatable bonds is 3. The lowest BCUT2D eigenvalue weighted by Gasteiger charge is -2.26. The fraction of sp³-hybridized carbons (Fsp3) is 0.318. The maximum atomic E-state index is 12.9. The van der Waals surface area contributed by atoms with Crippen LogP contribution in [0.3, 0.4) is 0 Å². The van der Waals surface area contributed by atoms with Gasteiger partial charge in [-0.2, -0.15) is 0 Å². The highest BCUT2D eigenvalue weighted by atomic mass is 32.2. The van der Waals surface area contributed by atoms with E-state index in [1.54, 1.807) is 12.5 Å². The molecule has 1 amide bonds. The van der Waals surface area contributed by atoms with Crippen LogP contribution in [0.15, 0.2) is 51.3 Å². The van der Waals surface area contributed by atoms with Gasteiger partial charge in [-0.15, -0.1) is 11.3 Å². The Bertz CT molecular complexity index is 1070. The Morgan fingerprint density at radius 1 is 1.26 bits per heavy atom. The van der Waals surface area contributed by atoms with E-state index in [4.69, 9.17) is 0 Å². The van der Waals surface area contributed by atoms with Crippen molar-refractivity contribution in [1.82, 2.24) is 10.2 Å². The summed E-state index contributed by atoms with van der Waals surface area (Å²) in [6.07, 6.45) is 8.21. The Hall–Kier alpha value is -2.62. The quantitative estimate of drug-likeness (QED) is 0.745. The van der Waals surface area contributed by atoms with E-state index in [1.165, 1.54) is 11.3 Å². The number of hydrogen-bond acceptors (Lipinski definition) is 7. The lowest BCUT2D eigenvalue weighted by atomic mass is 10.2. The van der Waals surface area contributed by atoms with Gasteiger partial charge in [0.25, 0.3) is 5.91 Å². The zero-order valence-corrected chi connectivity index (χ0v) is 19.0. The summed E-state index contributed by atoms with van der Waals surface area (Å²) in [6, 6.07) is 9.39. The van der Waals surface area contributed by atoms with Gasteiger partial charge in [-0.3, -0.25) is 9.00 Å². The highest BCUT2D eigenvalue weighted by Crippen LogP contribution is 2.27. The van der Waals surface area contributed by atoms with Crippen molar-refractivity contribution in [3.63, 3.8) is 0 Å². The zero-order chi connectivity index (χ0) is 21.6. The molecule has 31 heavy (non-hydrogen) atoms. The average Bonchev–Trinajstić information content (AvgIpc) is 3.20. The fourth-order valence-corrected chi connectivity index (χ4v) is 5.00. The summed E-state index contributed by atoms with van der Waals surface area (Å²) >= 11 is 1.52. The fourth-order valence-electron chi connectivity index (χ4n) is 3.37. The van der Waals surface area contributed by atoms with Crippen molar-refractivity contribution in [1.29, 1.82) is 0 Å². The highest BCUT2D eigenvalue weighted by molar-refractivity contribution is 7.84. The molecule has 1 unspecified atom stereocenters. The predicted molar refractivity (Wildman–Crippen MR) is 129 cm³/mol. The van der Waals surface area contributed by atoms with Gasteiger partial charge in [-0.05, 0) is 35.9 Å². The number of piperazine rings is 1. The molecular formula is C22H25N5O2S2. The van der Waals surface area contributed by atoms with Gasteiger partial charge in [0.15, 0.2) is 0 Å². The van der Waals surface area contributed by atoms with Crippen LogP contribution in [0.25, 0.3) is 6.08 Å². The molecule has 0 bridgehead atoms. The molecule has 2 N–H and O–H groups in total. The van der Waals surface area contributed by atoms with Crippen molar-refractivity contribution in [3.05, 3.63) is 51.7 Å². The molecule has 1 aromatic carbocycles. The molecule has 2 aromatic rings. The number of anilines is 1. The minimum absolute atomic E-state index is 0.0882. The van der Waals surface area contributed by atoms with Crippen LogP contribution in [-0.2, 0) is 17.3 Å². The zero-order valence-electron chi connectivity index (χ0n) is 17.3. The van der Waals surface area contributed by atoms with Crippen LogP contribution < -0.4 is 10.6 Å². The number of hydrogen-bond donors (Lipinski definition) is 2. The monoisotopic (exact) mass is 455 g/mol. The molecule has 1 atom stereocenters. The number of fused-ring (bicyclic) bond motifs is 1.